The fraction of sp³-hybridized carbons (Fsp3) is 0.625. The Morgan fingerprint density at radius 2 is 2.55 bits per heavy atom. The van der Waals surface area contributed by atoms with Gasteiger partial charge in [0.15, 0.2) is 6.39 Å². The van der Waals surface area contributed by atoms with Crippen molar-refractivity contribution in [1.82, 2.24) is 10.3 Å². The summed E-state index contributed by atoms with van der Waals surface area (Å²) < 4.78 is 5.19. The van der Waals surface area contributed by atoms with Crippen LogP contribution in [-0.4, -0.2) is 18.6 Å². The Balaban J connectivity index is 2.56. The van der Waals surface area contributed by atoms with E-state index in [1.54, 1.807) is 6.20 Å². The molecule has 11 heavy (non-hydrogen) atoms. The Hall–Kier alpha value is -0.830. The molecule has 0 aliphatic rings. The monoisotopic (exact) mass is 154 g/mol. The van der Waals surface area contributed by atoms with Gasteiger partial charge in [-0.3, -0.25) is 0 Å². The van der Waals surface area contributed by atoms with Crippen molar-refractivity contribution < 1.29 is 4.42 Å². The smallest absolute Gasteiger partial charge is 0.180 e. The number of oxazole rings is 1. The van der Waals surface area contributed by atoms with Crippen molar-refractivity contribution in [3.63, 3.8) is 0 Å². The summed E-state index contributed by atoms with van der Waals surface area (Å²) in [6.07, 6.45) is 4.34. The van der Waals surface area contributed by atoms with Crippen molar-refractivity contribution in [2.75, 3.05) is 13.6 Å². The van der Waals surface area contributed by atoms with Gasteiger partial charge in [0.2, 0.25) is 0 Å². The van der Waals surface area contributed by atoms with Gasteiger partial charge in [-0.1, -0.05) is 6.92 Å². The molecule has 0 saturated heterocycles. The highest BCUT2D eigenvalue weighted by atomic mass is 16.3. The first-order chi connectivity index (χ1) is 5.38. The molecule has 3 heteroatoms. The quantitative estimate of drug-likeness (QED) is 0.712. The van der Waals surface area contributed by atoms with Gasteiger partial charge in [-0.2, -0.15) is 0 Å². The van der Waals surface area contributed by atoms with Gasteiger partial charge in [-0.05, 0) is 13.5 Å². The second-order valence-electron chi connectivity index (χ2n) is 2.57. The van der Waals surface area contributed by atoms with Crippen LogP contribution in [0.1, 0.15) is 25.0 Å². The standard InChI is InChI=1S/C8H14N2O/c1-3-7(4-9-2)8-5-10-6-11-8/h5-7,9H,3-4H2,1-2H3. The predicted molar refractivity (Wildman–Crippen MR) is 43.5 cm³/mol. The van der Waals surface area contributed by atoms with Crippen LogP contribution >= 0.6 is 0 Å². The molecule has 1 rings (SSSR count). The van der Waals surface area contributed by atoms with Crippen LogP contribution in [0.4, 0.5) is 0 Å². The minimum atomic E-state index is 0.461. The maximum absolute atomic E-state index is 5.19. The second-order valence-corrected chi connectivity index (χ2v) is 2.57. The molecule has 1 aromatic rings. The highest BCUT2D eigenvalue weighted by Crippen LogP contribution is 2.16. The Morgan fingerprint density at radius 3 is 3.00 bits per heavy atom. The van der Waals surface area contributed by atoms with Crippen LogP contribution in [0.5, 0.6) is 0 Å². The summed E-state index contributed by atoms with van der Waals surface area (Å²) in [5, 5.41) is 3.12. The number of hydrogen-bond donors (Lipinski definition) is 1. The fourth-order valence-corrected chi connectivity index (χ4v) is 1.12. The number of likely N-dealkylation sites (N-methyl/N-ethyl adjacent to an activating group) is 1. The molecule has 1 heterocycles. The molecule has 3 nitrogen and oxygen atoms in total. The molecular weight excluding hydrogens is 140 g/mol. The molecule has 0 bridgehead atoms. The van der Waals surface area contributed by atoms with E-state index in [1.165, 1.54) is 6.39 Å². The summed E-state index contributed by atoms with van der Waals surface area (Å²) in [4.78, 5) is 3.88. The highest BCUT2D eigenvalue weighted by molar-refractivity contribution is 4.98. The molecular formula is C8H14N2O. The van der Waals surface area contributed by atoms with Crippen LogP contribution in [0.15, 0.2) is 17.0 Å². The van der Waals surface area contributed by atoms with Gasteiger partial charge in [-0.25, -0.2) is 4.98 Å². The summed E-state index contributed by atoms with van der Waals surface area (Å²) in [6.45, 7) is 3.09. The van der Waals surface area contributed by atoms with E-state index >= 15 is 0 Å². The minimum absolute atomic E-state index is 0.461. The van der Waals surface area contributed by atoms with E-state index in [9.17, 15) is 0 Å². The Morgan fingerprint density at radius 1 is 1.73 bits per heavy atom. The zero-order valence-electron chi connectivity index (χ0n) is 7.00. The fourth-order valence-electron chi connectivity index (χ4n) is 1.12. The van der Waals surface area contributed by atoms with Gasteiger partial charge in [-0.15, -0.1) is 0 Å². The lowest BCUT2D eigenvalue weighted by molar-refractivity contribution is 0.442. The minimum Gasteiger partial charge on any atom is -0.448 e. The maximum Gasteiger partial charge on any atom is 0.180 e. The van der Waals surface area contributed by atoms with E-state index in [0.717, 1.165) is 18.7 Å². The lowest BCUT2D eigenvalue weighted by Crippen LogP contribution is -2.16. The van der Waals surface area contributed by atoms with E-state index < -0.39 is 0 Å². The van der Waals surface area contributed by atoms with E-state index in [1.807, 2.05) is 7.05 Å². The number of aromatic nitrogens is 1. The average Bonchev–Trinajstić information content (AvgIpc) is 2.52. The normalized spacial score (nSPS) is 13.3. The van der Waals surface area contributed by atoms with Crippen LogP contribution in [0.2, 0.25) is 0 Å². The molecule has 1 aromatic heterocycles. The lowest BCUT2D eigenvalue weighted by Gasteiger charge is -2.09. The van der Waals surface area contributed by atoms with E-state index in [0.29, 0.717) is 5.92 Å². The molecule has 0 aromatic carbocycles. The third-order valence-corrected chi connectivity index (χ3v) is 1.80. The summed E-state index contributed by atoms with van der Waals surface area (Å²) >= 11 is 0. The van der Waals surface area contributed by atoms with Crippen LogP contribution in [0.25, 0.3) is 0 Å². The summed E-state index contributed by atoms with van der Waals surface area (Å²) in [7, 11) is 1.94. The Bertz CT molecular complexity index is 184. The van der Waals surface area contributed by atoms with Gasteiger partial charge < -0.3 is 9.73 Å². The Kier molecular flexibility index (Phi) is 3.11. The van der Waals surface area contributed by atoms with Gasteiger partial charge in [0, 0.05) is 12.5 Å². The molecule has 1 atom stereocenters. The summed E-state index contributed by atoms with van der Waals surface area (Å²) in [5.41, 5.74) is 0. The Labute approximate surface area is 66.8 Å². The molecule has 0 amide bonds. The first-order valence-corrected chi connectivity index (χ1v) is 3.91. The molecule has 0 radical (unpaired) electrons. The molecule has 0 aliphatic heterocycles. The van der Waals surface area contributed by atoms with E-state index in [2.05, 4.69) is 17.2 Å². The number of nitrogens with one attached hydrogen (secondary N) is 1. The maximum atomic E-state index is 5.19. The summed E-state index contributed by atoms with van der Waals surface area (Å²) in [5.74, 6) is 1.43. The molecule has 1 unspecified atom stereocenters. The van der Waals surface area contributed by atoms with Gasteiger partial charge in [0.1, 0.15) is 5.76 Å². The van der Waals surface area contributed by atoms with Crippen molar-refractivity contribution in [2.45, 2.75) is 19.3 Å². The van der Waals surface area contributed by atoms with Crippen molar-refractivity contribution in [3.05, 3.63) is 18.4 Å². The van der Waals surface area contributed by atoms with E-state index in [4.69, 9.17) is 4.42 Å². The van der Waals surface area contributed by atoms with Crippen molar-refractivity contribution in [2.24, 2.45) is 0 Å². The third kappa shape index (κ3) is 2.05. The zero-order chi connectivity index (χ0) is 8.10. The number of rotatable bonds is 4. The lowest BCUT2D eigenvalue weighted by atomic mass is 10.0. The van der Waals surface area contributed by atoms with Crippen molar-refractivity contribution in [1.29, 1.82) is 0 Å². The van der Waals surface area contributed by atoms with Crippen molar-refractivity contribution >= 4 is 0 Å². The average molecular weight is 154 g/mol. The largest absolute Gasteiger partial charge is 0.448 e. The second kappa shape index (κ2) is 4.13. The molecule has 62 valence electrons. The number of nitrogens with zero attached hydrogens (tertiary/aromatic N) is 1. The van der Waals surface area contributed by atoms with Gasteiger partial charge in [0.25, 0.3) is 0 Å². The molecule has 0 saturated carbocycles. The summed E-state index contributed by atoms with van der Waals surface area (Å²) in [6, 6.07) is 0. The molecule has 0 aliphatic carbocycles. The third-order valence-electron chi connectivity index (χ3n) is 1.80. The first-order valence-electron chi connectivity index (χ1n) is 3.91. The molecule has 0 fully saturated rings. The van der Waals surface area contributed by atoms with Crippen LogP contribution < -0.4 is 5.32 Å². The first kappa shape index (κ1) is 8.27. The van der Waals surface area contributed by atoms with Gasteiger partial charge in [0.05, 0.1) is 6.20 Å². The van der Waals surface area contributed by atoms with Gasteiger partial charge >= 0.3 is 0 Å². The van der Waals surface area contributed by atoms with E-state index in [-0.39, 0.29) is 0 Å². The van der Waals surface area contributed by atoms with Crippen LogP contribution in [0, 0.1) is 0 Å². The topological polar surface area (TPSA) is 38.1 Å². The highest BCUT2D eigenvalue weighted by Gasteiger charge is 2.10. The van der Waals surface area contributed by atoms with Crippen LogP contribution in [0.3, 0.4) is 0 Å². The molecule has 1 N–H and O–H groups in total. The molecule has 0 spiro atoms. The van der Waals surface area contributed by atoms with Crippen molar-refractivity contribution in [3.8, 4) is 0 Å². The zero-order valence-corrected chi connectivity index (χ0v) is 7.00. The predicted octanol–water partition coefficient (Wildman–Crippen LogP) is 1.39. The SMILES string of the molecule is CCC(CNC)c1cnco1. The number of hydrogen-bond acceptors (Lipinski definition) is 3. The van der Waals surface area contributed by atoms with Crippen LogP contribution in [-0.2, 0) is 0 Å².